The number of aromatic nitrogens is 2. The van der Waals surface area contributed by atoms with Gasteiger partial charge in [-0.25, -0.2) is 9.97 Å². The number of rotatable bonds is 5. The second-order valence-corrected chi connectivity index (χ2v) is 5.91. The fourth-order valence-corrected chi connectivity index (χ4v) is 3.07. The summed E-state index contributed by atoms with van der Waals surface area (Å²) in [4.78, 5) is 9.12. The molecule has 1 heterocycles. The van der Waals surface area contributed by atoms with Crippen LogP contribution in [0.1, 0.15) is 50.5 Å². The number of hydrogen-bond donors (Lipinski definition) is 1. The van der Waals surface area contributed by atoms with Crippen LogP contribution in [-0.2, 0) is 21.7 Å². The molecule has 0 radical (unpaired) electrons. The zero-order valence-electron chi connectivity index (χ0n) is 12.1. The molecule has 2 rings (SSSR count). The normalized spacial score (nSPS) is 18.1. The van der Waals surface area contributed by atoms with Crippen molar-refractivity contribution in [3.63, 3.8) is 0 Å². The van der Waals surface area contributed by atoms with Crippen LogP contribution < -0.4 is 5.73 Å². The summed E-state index contributed by atoms with van der Waals surface area (Å²) >= 11 is 3.43. The van der Waals surface area contributed by atoms with Crippen LogP contribution in [0.25, 0.3) is 0 Å². The first-order chi connectivity index (χ1) is 9.63. The lowest BCUT2D eigenvalue weighted by Gasteiger charge is -2.35. The maximum absolute atomic E-state index is 6.05. The van der Waals surface area contributed by atoms with Crippen molar-refractivity contribution in [2.24, 2.45) is 0 Å². The van der Waals surface area contributed by atoms with Crippen molar-refractivity contribution in [3.05, 3.63) is 16.0 Å². The second kappa shape index (κ2) is 6.83. The minimum absolute atomic E-state index is 0.385. The van der Waals surface area contributed by atoms with Crippen molar-refractivity contribution >= 4 is 21.7 Å². The van der Waals surface area contributed by atoms with E-state index in [2.05, 4.69) is 25.9 Å². The summed E-state index contributed by atoms with van der Waals surface area (Å²) in [5, 5.41) is 0. The Morgan fingerprint density at radius 3 is 2.55 bits per heavy atom. The molecule has 5 nitrogen and oxygen atoms in total. The number of methoxy groups -OCH3 is 1. The third kappa shape index (κ3) is 3.13. The number of anilines is 1. The topological polar surface area (TPSA) is 70.3 Å². The first-order valence-corrected chi connectivity index (χ1v) is 7.87. The largest absolute Gasteiger partial charge is 0.383 e. The monoisotopic (exact) mass is 343 g/mol. The molecule has 20 heavy (non-hydrogen) atoms. The van der Waals surface area contributed by atoms with E-state index in [1.165, 1.54) is 6.42 Å². The molecule has 1 aromatic heterocycles. The maximum Gasteiger partial charge on any atom is 0.163 e. The number of nitrogen functional groups attached to an aromatic ring is 1. The molecule has 0 amide bonds. The molecule has 1 aliphatic carbocycles. The van der Waals surface area contributed by atoms with Crippen LogP contribution >= 0.6 is 15.9 Å². The van der Waals surface area contributed by atoms with Crippen LogP contribution in [0, 0.1) is 0 Å². The van der Waals surface area contributed by atoms with Gasteiger partial charge in [0, 0.05) is 13.7 Å². The average molecular weight is 344 g/mol. The number of nitrogens with zero attached hydrogens (tertiary/aromatic N) is 2. The van der Waals surface area contributed by atoms with Crippen LogP contribution in [-0.4, -0.2) is 23.7 Å². The predicted molar refractivity (Wildman–Crippen MR) is 81.2 cm³/mol. The highest BCUT2D eigenvalue weighted by Gasteiger charge is 2.38. The van der Waals surface area contributed by atoms with Gasteiger partial charge in [0.25, 0.3) is 0 Å². The van der Waals surface area contributed by atoms with Crippen LogP contribution in [0.4, 0.5) is 5.82 Å². The Morgan fingerprint density at radius 1 is 1.25 bits per heavy atom. The van der Waals surface area contributed by atoms with Crippen molar-refractivity contribution < 1.29 is 9.47 Å². The molecule has 2 N–H and O–H groups in total. The van der Waals surface area contributed by atoms with Crippen LogP contribution in [0.5, 0.6) is 0 Å². The van der Waals surface area contributed by atoms with Crippen LogP contribution in [0.3, 0.4) is 0 Å². The summed E-state index contributed by atoms with van der Waals surface area (Å²) in [6.07, 6.45) is 5.42. The molecule has 0 aromatic carbocycles. The molecular formula is C14H22BrN3O2. The fraction of sp³-hybridized carbons (Fsp3) is 0.714. The Kier molecular flexibility index (Phi) is 5.35. The van der Waals surface area contributed by atoms with E-state index < -0.39 is 0 Å². The lowest BCUT2D eigenvalue weighted by Crippen LogP contribution is -2.35. The van der Waals surface area contributed by atoms with Gasteiger partial charge in [0.05, 0.1) is 16.8 Å². The highest BCUT2D eigenvalue weighted by molar-refractivity contribution is 9.10. The molecule has 0 bridgehead atoms. The van der Waals surface area contributed by atoms with E-state index in [9.17, 15) is 0 Å². The molecule has 0 saturated heterocycles. The van der Waals surface area contributed by atoms with E-state index in [1.807, 2.05) is 6.92 Å². The highest BCUT2D eigenvalue weighted by Crippen LogP contribution is 2.40. The van der Waals surface area contributed by atoms with Crippen molar-refractivity contribution in [1.29, 1.82) is 0 Å². The Labute approximate surface area is 128 Å². The van der Waals surface area contributed by atoms with Gasteiger partial charge in [0.15, 0.2) is 5.82 Å². The van der Waals surface area contributed by atoms with E-state index in [0.717, 1.165) is 31.4 Å². The van der Waals surface area contributed by atoms with E-state index in [4.69, 9.17) is 15.2 Å². The van der Waals surface area contributed by atoms with Crippen molar-refractivity contribution in [2.75, 3.05) is 19.5 Å². The average Bonchev–Trinajstić information content (AvgIpc) is 2.45. The second-order valence-electron chi connectivity index (χ2n) is 5.11. The van der Waals surface area contributed by atoms with Gasteiger partial charge in [-0.3, -0.25) is 0 Å². The van der Waals surface area contributed by atoms with Gasteiger partial charge in [-0.1, -0.05) is 19.3 Å². The van der Waals surface area contributed by atoms with Gasteiger partial charge in [-0.15, -0.1) is 0 Å². The third-order valence-corrected chi connectivity index (χ3v) is 4.58. The quantitative estimate of drug-likeness (QED) is 0.888. The molecule has 1 aromatic rings. The van der Waals surface area contributed by atoms with E-state index in [0.29, 0.717) is 29.3 Å². The Balaban J connectivity index is 2.42. The number of nitrogens with two attached hydrogens (primary N) is 1. The molecule has 1 aliphatic rings. The van der Waals surface area contributed by atoms with Gasteiger partial charge in [-0.05, 0) is 35.7 Å². The summed E-state index contributed by atoms with van der Waals surface area (Å²) in [6.45, 7) is 3.07. The zero-order chi connectivity index (χ0) is 14.6. The van der Waals surface area contributed by atoms with E-state index in [1.54, 1.807) is 7.11 Å². The molecule has 1 fully saturated rings. The molecular weight excluding hydrogens is 322 g/mol. The van der Waals surface area contributed by atoms with Crippen LogP contribution in [0.2, 0.25) is 0 Å². The van der Waals surface area contributed by atoms with Gasteiger partial charge < -0.3 is 15.2 Å². The predicted octanol–water partition coefficient (Wildman–Crippen LogP) is 3.16. The minimum atomic E-state index is -0.385. The Hall–Kier alpha value is -0.720. The summed E-state index contributed by atoms with van der Waals surface area (Å²) in [5.74, 6) is 1.15. The van der Waals surface area contributed by atoms with Gasteiger partial charge in [0.2, 0.25) is 0 Å². The van der Waals surface area contributed by atoms with Gasteiger partial charge in [0.1, 0.15) is 11.4 Å². The lowest BCUT2D eigenvalue weighted by atomic mass is 9.83. The summed E-state index contributed by atoms with van der Waals surface area (Å²) in [7, 11) is 1.64. The molecule has 0 aliphatic heterocycles. The third-order valence-electron chi connectivity index (χ3n) is 3.72. The van der Waals surface area contributed by atoms with Crippen molar-refractivity contribution in [2.45, 2.75) is 51.2 Å². The molecule has 0 unspecified atom stereocenters. The summed E-state index contributed by atoms with van der Waals surface area (Å²) in [5.41, 5.74) is 6.40. The van der Waals surface area contributed by atoms with E-state index >= 15 is 0 Å². The molecule has 0 spiro atoms. The first kappa shape index (κ1) is 15.7. The Morgan fingerprint density at radius 2 is 1.95 bits per heavy atom. The van der Waals surface area contributed by atoms with Crippen molar-refractivity contribution in [1.82, 2.24) is 9.97 Å². The minimum Gasteiger partial charge on any atom is -0.383 e. The van der Waals surface area contributed by atoms with E-state index in [-0.39, 0.29) is 5.60 Å². The molecule has 112 valence electrons. The number of halogens is 1. The number of ether oxygens (including phenoxy) is 2. The lowest BCUT2D eigenvalue weighted by molar-refractivity contribution is -0.0768. The van der Waals surface area contributed by atoms with Gasteiger partial charge >= 0.3 is 0 Å². The van der Waals surface area contributed by atoms with Crippen molar-refractivity contribution in [3.8, 4) is 0 Å². The zero-order valence-corrected chi connectivity index (χ0v) is 13.7. The highest BCUT2D eigenvalue weighted by atomic mass is 79.9. The Bertz CT molecular complexity index is 456. The fourth-order valence-electron chi connectivity index (χ4n) is 2.78. The van der Waals surface area contributed by atoms with Crippen LogP contribution in [0.15, 0.2) is 4.47 Å². The smallest absolute Gasteiger partial charge is 0.163 e. The maximum atomic E-state index is 6.05. The first-order valence-electron chi connectivity index (χ1n) is 7.08. The summed E-state index contributed by atoms with van der Waals surface area (Å²) in [6, 6.07) is 0. The summed E-state index contributed by atoms with van der Waals surface area (Å²) < 4.78 is 11.9. The molecule has 0 atom stereocenters. The SMILES string of the molecule is CCOC1(c2nc(N)c(Br)c(COC)n2)CCCCC1. The molecule has 1 saturated carbocycles. The standard InChI is InChI=1S/C14H22BrN3O2/c1-3-20-14(7-5-4-6-8-14)13-17-10(9-19-2)11(15)12(16)18-13/h3-9H2,1-2H3,(H2,16,17,18). The van der Waals surface area contributed by atoms with Gasteiger partial charge in [-0.2, -0.15) is 0 Å². The molecule has 6 heteroatoms. The number of hydrogen-bond acceptors (Lipinski definition) is 5.